The van der Waals surface area contributed by atoms with Gasteiger partial charge in [0.2, 0.25) is 0 Å². The van der Waals surface area contributed by atoms with Gasteiger partial charge in [0.15, 0.2) is 5.78 Å². The molecule has 0 aliphatic rings. The molecular weight excluding hydrogens is 220 g/mol. The molecule has 0 amide bonds. The van der Waals surface area contributed by atoms with Gasteiger partial charge in [0.1, 0.15) is 10.3 Å². The average molecular weight is 224 g/mol. The minimum atomic E-state index is -0.228. The van der Waals surface area contributed by atoms with Gasteiger partial charge in [-0.25, -0.2) is 4.98 Å². The van der Waals surface area contributed by atoms with Gasteiger partial charge < -0.3 is 0 Å². The van der Waals surface area contributed by atoms with E-state index < -0.39 is 0 Å². The number of rotatable bonds is 1. The molecule has 1 aromatic heterocycles. The first-order valence-corrected chi connectivity index (χ1v) is 4.18. The van der Waals surface area contributed by atoms with Crippen LogP contribution in [0.1, 0.15) is 17.3 Å². The smallest absolute Gasteiger partial charge is 0.164 e. The molecule has 0 bridgehead atoms. The van der Waals surface area contributed by atoms with E-state index in [9.17, 15) is 4.79 Å². The Morgan fingerprint density at radius 3 is 2.42 bits per heavy atom. The Morgan fingerprint density at radius 2 is 2.00 bits per heavy atom. The van der Waals surface area contributed by atoms with Crippen LogP contribution in [-0.2, 0) is 0 Å². The Balaban J connectivity index is 3.38. The molecule has 1 aromatic rings. The first-order chi connectivity index (χ1) is 5.52. The van der Waals surface area contributed by atoms with Gasteiger partial charge in [0.05, 0.1) is 10.6 Å². The minimum Gasteiger partial charge on any atom is -0.294 e. The van der Waals surface area contributed by atoms with Crippen molar-refractivity contribution in [3.8, 4) is 0 Å². The van der Waals surface area contributed by atoms with Gasteiger partial charge in [-0.3, -0.25) is 4.79 Å². The standard InChI is InChI=1S/C7H4Cl3NO/c1-3(12)6-4(8)2-5(9)11-7(6)10/h2H,1H3. The van der Waals surface area contributed by atoms with Crippen LogP contribution in [0, 0.1) is 0 Å². The third kappa shape index (κ3) is 1.89. The normalized spacial score (nSPS) is 10.0. The molecule has 0 unspecified atom stereocenters. The first kappa shape index (κ1) is 9.78. The van der Waals surface area contributed by atoms with Crippen molar-refractivity contribution in [3.05, 3.63) is 27.0 Å². The highest BCUT2D eigenvalue weighted by atomic mass is 35.5. The zero-order chi connectivity index (χ0) is 9.30. The fraction of sp³-hybridized carbons (Fsp3) is 0.143. The lowest BCUT2D eigenvalue weighted by molar-refractivity contribution is 0.101. The van der Waals surface area contributed by atoms with E-state index in [2.05, 4.69) is 4.98 Å². The summed E-state index contributed by atoms with van der Waals surface area (Å²) in [5.41, 5.74) is 0.211. The molecule has 0 saturated carbocycles. The predicted molar refractivity (Wildman–Crippen MR) is 49.3 cm³/mol. The molecule has 0 N–H and O–H groups in total. The lowest BCUT2D eigenvalue weighted by Gasteiger charge is -2.01. The number of carbonyl (C=O) groups excluding carboxylic acids is 1. The van der Waals surface area contributed by atoms with Gasteiger partial charge in [-0.05, 0) is 13.0 Å². The molecule has 0 aromatic carbocycles. The van der Waals surface area contributed by atoms with E-state index in [0.717, 1.165) is 0 Å². The summed E-state index contributed by atoms with van der Waals surface area (Å²) in [7, 11) is 0. The van der Waals surface area contributed by atoms with Crippen molar-refractivity contribution in [3.63, 3.8) is 0 Å². The minimum absolute atomic E-state index is 0.0417. The van der Waals surface area contributed by atoms with E-state index in [1.54, 1.807) is 0 Å². The molecule has 12 heavy (non-hydrogen) atoms. The Bertz CT molecular complexity index is 314. The largest absolute Gasteiger partial charge is 0.294 e. The molecule has 1 heterocycles. The van der Waals surface area contributed by atoms with Crippen molar-refractivity contribution < 1.29 is 4.79 Å². The highest BCUT2D eigenvalue weighted by Gasteiger charge is 2.12. The maximum atomic E-state index is 10.9. The van der Waals surface area contributed by atoms with Gasteiger partial charge in [0, 0.05) is 0 Å². The molecule has 0 saturated heterocycles. The first-order valence-electron chi connectivity index (χ1n) is 3.05. The van der Waals surface area contributed by atoms with Crippen molar-refractivity contribution in [2.75, 3.05) is 0 Å². The fourth-order valence-electron chi connectivity index (χ4n) is 0.771. The number of ketones is 1. The van der Waals surface area contributed by atoms with Crippen LogP contribution < -0.4 is 0 Å². The molecule has 0 spiro atoms. The van der Waals surface area contributed by atoms with Crippen molar-refractivity contribution >= 4 is 40.6 Å². The summed E-state index contributed by atoms with van der Waals surface area (Å²) in [6.45, 7) is 1.36. The third-order valence-electron chi connectivity index (χ3n) is 1.25. The molecule has 0 atom stereocenters. The number of aromatic nitrogens is 1. The highest BCUT2D eigenvalue weighted by Crippen LogP contribution is 2.25. The van der Waals surface area contributed by atoms with E-state index in [1.165, 1.54) is 13.0 Å². The number of nitrogens with zero attached hydrogens (tertiary/aromatic N) is 1. The van der Waals surface area contributed by atoms with Crippen LogP contribution in [0.2, 0.25) is 15.3 Å². The maximum absolute atomic E-state index is 10.9. The van der Waals surface area contributed by atoms with Gasteiger partial charge in [-0.1, -0.05) is 34.8 Å². The van der Waals surface area contributed by atoms with Crippen molar-refractivity contribution in [2.45, 2.75) is 6.92 Å². The second-order valence-electron chi connectivity index (χ2n) is 2.15. The third-order valence-corrected chi connectivity index (χ3v) is 2.01. The molecule has 5 heteroatoms. The van der Waals surface area contributed by atoms with Crippen molar-refractivity contribution in [1.29, 1.82) is 0 Å². The van der Waals surface area contributed by atoms with Crippen LogP contribution in [0.4, 0.5) is 0 Å². The fourth-order valence-corrected chi connectivity index (χ4v) is 1.76. The summed E-state index contributed by atoms with van der Waals surface area (Å²) in [5, 5.41) is 0.447. The average Bonchev–Trinajstić information content (AvgIpc) is 1.82. The lowest BCUT2D eigenvalue weighted by Crippen LogP contribution is -1.97. The zero-order valence-corrected chi connectivity index (χ0v) is 8.33. The number of Topliss-reactive ketones (excluding diaryl/α,β-unsaturated/α-hetero) is 1. The topological polar surface area (TPSA) is 30.0 Å². The Labute approximate surface area is 84.5 Å². The summed E-state index contributed by atoms with van der Waals surface area (Å²) < 4.78 is 0. The van der Waals surface area contributed by atoms with Crippen molar-refractivity contribution in [1.82, 2.24) is 4.98 Å². The number of hydrogen-bond acceptors (Lipinski definition) is 2. The zero-order valence-electron chi connectivity index (χ0n) is 6.07. The van der Waals surface area contributed by atoms with Gasteiger partial charge in [0.25, 0.3) is 0 Å². The molecule has 0 aliphatic heterocycles. The van der Waals surface area contributed by atoms with Crippen LogP contribution in [0.15, 0.2) is 6.07 Å². The summed E-state index contributed by atoms with van der Waals surface area (Å²) in [6.07, 6.45) is 0. The second-order valence-corrected chi connectivity index (χ2v) is 3.30. The molecule has 2 nitrogen and oxygen atoms in total. The molecule has 1 rings (SSSR count). The Hall–Kier alpha value is -0.310. The number of hydrogen-bond donors (Lipinski definition) is 0. The van der Waals surface area contributed by atoms with Crippen molar-refractivity contribution in [2.24, 2.45) is 0 Å². The number of pyridine rings is 1. The van der Waals surface area contributed by atoms with Crippen LogP contribution in [-0.4, -0.2) is 10.8 Å². The van der Waals surface area contributed by atoms with Crippen LogP contribution in [0.3, 0.4) is 0 Å². The van der Waals surface area contributed by atoms with Crippen LogP contribution in [0.25, 0.3) is 0 Å². The maximum Gasteiger partial charge on any atom is 0.164 e. The molecule has 64 valence electrons. The monoisotopic (exact) mass is 223 g/mol. The molecule has 0 fully saturated rings. The lowest BCUT2D eigenvalue weighted by atomic mass is 10.2. The van der Waals surface area contributed by atoms with E-state index in [0.29, 0.717) is 0 Å². The van der Waals surface area contributed by atoms with Crippen LogP contribution >= 0.6 is 34.8 Å². The van der Waals surface area contributed by atoms with E-state index >= 15 is 0 Å². The summed E-state index contributed by atoms with van der Waals surface area (Å²) in [6, 6.07) is 1.38. The van der Waals surface area contributed by atoms with Gasteiger partial charge >= 0.3 is 0 Å². The molecule has 0 aliphatic carbocycles. The highest BCUT2D eigenvalue weighted by molar-refractivity contribution is 6.40. The summed E-state index contributed by atoms with van der Waals surface area (Å²) in [5.74, 6) is -0.228. The quantitative estimate of drug-likeness (QED) is 0.541. The summed E-state index contributed by atoms with van der Waals surface area (Å²) >= 11 is 16.9. The summed E-state index contributed by atoms with van der Waals surface area (Å²) in [4.78, 5) is 14.6. The molecular formula is C7H4Cl3NO. The Kier molecular flexibility index (Phi) is 2.94. The number of carbonyl (C=O) groups is 1. The van der Waals surface area contributed by atoms with E-state index in [4.69, 9.17) is 34.8 Å². The number of halogens is 3. The predicted octanol–water partition coefficient (Wildman–Crippen LogP) is 3.24. The van der Waals surface area contributed by atoms with Crippen LogP contribution in [0.5, 0.6) is 0 Å². The van der Waals surface area contributed by atoms with Gasteiger partial charge in [-0.15, -0.1) is 0 Å². The van der Waals surface area contributed by atoms with E-state index in [-0.39, 0.29) is 26.7 Å². The SMILES string of the molecule is CC(=O)c1c(Cl)cc(Cl)nc1Cl. The van der Waals surface area contributed by atoms with E-state index in [1.807, 2.05) is 0 Å². The molecule has 0 radical (unpaired) electrons. The Morgan fingerprint density at radius 1 is 1.42 bits per heavy atom. The van der Waals surface area contributed by atoms with Gasteiger partial charge in [-0.2, -0.15) is 0 Å². The second kappa shape index (κ2) is 3.60.